The van der Waals surface area contributed by atoms with Crippen LogP contribution in [-0.2, 0) is 4.74 Å². The highest BCUT2D eigenvalue weighted by atomic mass is 16.6. The molecule has 6 heteroatoms. The van der Waals surface area contributed by atoms with E-state index < -0.39 is 5.60 Å². The van der Waals surface area contributed by atoms with Crippen LogP contribution in [-0.4, -0.2) is 66.2 Å². The van der Waals surface area contributed by atoms with Crippen LogP contribution in [0.25, 0.3) is 0 Å². The maximum absolute atomic E-state index is 12.2. The largest absolute Gasteiger partial charge is 0.444 e. The van der Waals surface area contributed by atoms with Crippen molar-refractivity contribution in [2.45, 2.75) is 51.7 Å². The predicted molar refractivity (Wildman–Crippen MR) is 91.3 cm³/mol. The van der Waals surface area contributed by atoms with Crippen molar-refractivity contribution in [3.63, 3.8) is 0 Å². The molecule has 0 unspecified atom stereocenters. The summed E-state index contributed by atoms with van der Waals surface area (Å²) in [4.78, 5) is 20.8. The number of fused-ring (bicyclic) bond motifs is 1. The molecule has 0 aliphatic carbocycles. The molecular formula is C17H28N4O2. The molecule has 1 amide bonds. The first-order valence-corrected chi connectivity index (χ1v) is 8.37. The number of guanidine groups is 1. The molecule has 0 saturated carbocycles. The van der Waals surface area contributed by atoms with Gasteiger partial charge >= 0.3 is 6.09 Å². The van der Waals surface area contributed by atoms with Crippen LogP contribution in [0.1, 0.15) is 40.0 Å². The number of piperazine rings is 1. The van der Waals surface area contributed by atoms with Crippen LogP contribution in [0.3, 0.4) is 0 Å². The number of nitrogens with zero attached hydrogens (tertiary/aromatic N) is 3. The van der Waals surface area contributed by atoms with Gasteiger partial charge in [0.2, 0.25) is 0 Å². The minimum absolute atomic E-state index is 0.229. The van der Waals surface area contributed by atoms with Crippen molar-refractivity contribution in [3.8, 4) is 12.3 Å². The van der Waals surface area contributed by atoms with Crippen LogP contribution in [0.15, 0.2) is 4.99 Å². The third-order valence-corrected chi connectivity index (χ3v) is 3.89. The fourth-order valence-electron chi connectivity index (χ4n) is 2.78. The van der Waals surface area contributed by atoms with E-state index in [9.17, 15) is 4.79 Å². The monoisotopic (exact) mass is 320 g/mol. The third-order valence-electron chi connectivity index (χ3n) is 3.89. The van der Waals surface area contributed by atoms with Crippen molar-refractivity contribution < 1.29 is 9.53 Å². The predicted octanol–water partition coefficient (Wildman–Crippen LogP) is 1.67. The molecule has 0 radical (unpaired) electrons. The van der Waals surface area contributed by atoms with Crippen molar-refractivity contribution in [1.29, 1.82) is 0 Å². The van der Waals surface area contributed by atoms with Crippen molar-refractivity contribution in [2.75, 3.05) is 32.7 Å². The van der Waals surface area contributed by atoms with E-state index in [4.69, 9.17) is 11.2 Å². The molecule has 2 aliphatic rings. The molecule has 2 aliphatic heterocycles. The molecule has 0 aromatic heterocycles. The van der Waals surface area contributed by atoms with Crippen LogP contribution in [0, 0.1) is 12.3 Å². The first-order valence-electron chi connectivity index (χ1n) is 8.37. The maximum Gasteiger partial charge on any atom is 0.410 e. The molecular weight excluding hydrogens is 292 g/mol. The zero-order valence-corrected chi connectivity index (χ0v) is 14.5. The van der Waals surface area contributed by atoms with Crippen LogP contribution in [0.5, 0.6) is 0 Å². The lowest BCUT2D eigenvalue weighted by Crippen LogP contribution is -2.57. The Kier molecular flexibility index (Phi) is 5.75. The van der Waals surface area contributed by atoms with E-state index in [2.05, 4.69) is 21.1 Å². The number of unbranched alkanes of at least 4 members (excludes halogenated alkanes) is 2. The highest BCUT2D eigenvalue weighted by molar-refractivity contribution is 5.82. The van der Waals surface area contributed by atoms with Gasteiger partial charge in [0.05, 0.1) is 12.6 Å². The fraction of sp³-hybridized carbons (Fsp3) is 0.765. The topological polar surface area (TPSA) is 57.2 Å². The van der Waals surface area contributed by atoms with Gasteiger partial charge in [0, 0.05) is 32.6 Å². The van der Waals surface area contributed by atoms with Gasteiger partial charge in [-0.25, -0.2) is 4.79 Å². The number of terminal acetylenes is 1. The SMILES string of the molecule is C#CCCCCNC1=NC[C@@H]2CN(C(=O)OC(C)(C)C)CCN12. The Labute approximate surface area is 139 Å². The Bertz CT molecular complexity index is 490. The van der Waals surface area contributed by atoms with Gasteiger partial charge in [-0.05, 0) is 33.6 Å². The number of nitrogens with one attached hydrogen (secondary N) is 1. The second kappa shape index (κ2) is 7.58. The highest BCUT2D eigenvalue weighted by Gasteiger charge is 2.36. The fourth-order valence-corrected chi connectivity index (χ4v) is 2.78. The lowest BCUT2D eigenvalue weighted by Gasteiger charge is -2.39. The molecule has 2 rings (SSSR count). The Morgan fingerprint density at radius 1 is 1.43 bits per heavy atom. The Morgan fingerprint density at radius 3 is 2.91 bits per heavy atom. The summed E-state index contributed by atoms with van der Waals surface area (Å²) >= 11 is 0. The van der Waals surface area contributed by atoms with Crippen LogP contribution < -0.4 is 5.32 Å². The first-order chi connectivity index (χ1) is 10.9. The molecule has 23 heavy (non-hydrogen) atoms. The molecule has 0 bridgehead atoms. The van der Waals surface area contributed by atoms with Gasteiger partial charge in [-0.15, -0.1) is 12.3 Å². The molecule has 6 nitrogen and oxygen atoms in total. The quantitative estimate of drug-likeness (QED) is 0.632. The molecule has 1 N–H and O–H groups in total. The van der Waals surface area contributed by atoms with E-state index >= 15 is 0 Å². The number of carbonyl (C=O) groups is 1. The van der Waals surface area contributed by atoms with E-state index in [0.717, 1.165) is 44.9 Å². The molecule has 2 heterocycles. The van der Waals surface area contributed by atoms with Gasteiger partial charge in [-0.1, -0.05) is 0 Å². The molecule has 0 spiro atoms. The van der Waals surface area contributed by atoms with Gasteiger partial charge < -0.3 is 19.9 Å². The highest BCUT2D eigenvalue weighted by Crippen LogP contribution is 2.18. The molecule has 1 fully saturated rings. The molecule has 1 saturated heterocycles. The normalized spacial score (nSPS) is 20.6. The zero-order valence-electron chi connectivity index (χ0n) is 14.5. The standard InChI is InChI=1S/C17H28N4O2/c1-5-6-7-8-9-18-15-19-12-14-13-20(10-11-21(14)15)16(22)23-17(2,3)4/h1,14H,6-13H2,2-4H3,(H,18,19)/t14-/m1/s1. The summed E-state index contributed by atoms with van der Waals surface area (Å²) in [5.41, 5.74) is -0.453. The van der Waals surface area contributed by atoms with Crippen molar-refractivity contribution in [3.05, 3.63) is 0 Å². The van der Waals surface area contributed by atoms with Gasteiger partial charge in [0.15, 0.2) is 5.96 Å². The molecule has 128 valence electrons. The number of amides is 1. The molecule has 1 atom stereocenters. The first kappa shape index (κ1) is 17.5. The second-order valence-corrected chi connectivity index (χ2v) is 7.03. The summed E-state index contributed by atoms with van der Waals surface area (Å²) in [7, 11) is 0. The summed E-state index contributed by atoms with van der Waals surface area (Å²) in [5.74, 6) is 3.61. The number of aliphatic imine (C=N–C) groups is 1. The number of hydrogen-bond acceptors (Lipinski definition) is 5. The number of rotatable bonds is 4. The van der Waals surface area contributed by atoms with Crippen LogP contribution >= 0.6 is 0 Å². The average Bonchev–Trinajstić information content (AvgIpc) is 2.88. The van der Waals surface area contributed by atoms with Gasteiger partial charge in [0.25, 0.3) is 0 Å². The summed E-state index contributed by atoms with van der Waals surface area (Å²) in [6, 6.07) is 0.254. The number of ether oxygens (including phenoxy) is 1. The van der Waals surface area contributed by atoms with E-state index in [1.807, 2.05) is 20.8 Å². The third kappa shape index (κ3) is 5.05. The number of carbonyl (C=O) groups excluding carboxylic acids is 1. The van der Waals surface area contributed by atoms with Crippen molar-refractivity contribution in [1.82, 2.24) is 15.1 Å². The Hall–Kier alpha value is -1.90. The van der Waals surface area contributed by atoms with Gasteiger partial charge in [0.1, 0.15) is 5.60 Å². The van der Waals surface area contributed by atoms with Gasteiger partial charge in [-0.3, -0.25) is 4.99 Å². The van der Waals surface area contributed by atoms with Crippen LogP contribution in [0.2, 0.25) is 0 Å². The van der Waals surface area contributed by atoms with E-state index in [-0.39, 0.29) is 12.1 Å². The summed E-state index contributed by atoms with van der Waals surface area (Å²) in [6.07, 6.45) is 7.93. The lowest BCUT2D eigenvalue weighted by atomic mass is 10.2. The minimum Gasteiger partial charge on any atom is -0.444 e. The Balaban J connectivity index is 1.76. The number of hydrogen-bond donors (Lipinski definition) is 1. The average molecular weight is 320 g/mol. The summed E-state index contributed by atoms with van der Waals surface area (Å²) in [5, 5.41) is 3.39. The van der Waals surface area contributed by atoms with Crippen LogP contribution in [0.4, 0.5) is 4.79 Å². The van der Waals surface area contributed by atoms with Gasteiger partial charge in [-0.2, -0.15) is 0 Å². The van der Waals surface area contributed by atoms with E-state index in [1.165, 1.54) is 0 Å². The minimum atomic E-state index is -0.453. The van der Waals surface area contributed by atoms with E-state index in [0.29, 0.717) is 13.1 Å². The smallest absolute Gasteiger partial charge is 0.410 e. The zero-order chi connectivity index (χ0) is 16.9. The summed E-state index contributed by atoms with van der Waals surface area (Å²) < 4.78 is 5.45. The maximum atomic E-state index is 12.2. The van der Waals surface area contributed by atoms with Crippen molar-refractivity contribution in [2.24, 2.45) is 4.99 Å². The molecule has 0 aromatic carbocycles. The van der Waals surface area contributed by atoms with Crippen molar-refractivity contribution >= 4 is 12.1 Å². The second-order valence-electron chi connectivity index (χ2n) is 7.03. The Morgan fingerprint density at radius 2 is 2.22 bits per heavy atom. The molecule has 0 aromatic rings. The van der Waals surface area contributed by atoms with E-state index in [1.54, 1.807) is 4.90 Å². The summed E-state index contributed by atoms with van der Waals surface area (Å²) in [6.45, 7) is 9.42. The lowest BCUT2D eigenvalue weighted by molar-refractivity contribution is 0.0137.